The van der Waals surface area contributed by atoms with Crippen LogP contribution in [0.25, 0.3) is 0 Å². The molecule has 1 aromatic rings. The number of nitrogens with two attached hydrogens (primary N) is 1. The molecule has 2 rings (SSSR count). The van der Waals surface area contributed by atoms with Gasteiger partial charge in [-0.1, -0.05) is 32.3 Å². The van der Waals surface area contributed by atoms with Gasteiger partial charge in [-0.15, -0.1) is 0 Å². The summed E-state index contributed by atoms with van der Waals surface area (Å²) in [5, 5.41) is 0. The fourth-order valence-electron chi connectivity index (χ4n) is 2.86. The molecule has 1 saturated carbocycles. The summed E-state index contributed by atoms with van der Waals surface area (Å²) >= 11 is 0. The van der Waals surface area contributed by atoms with Crippen LogP contribution >= 0.6 is 0 Å². The highest BCUT2D eigenvalue weighted by molar-refractivity contribution is 5.03. The lowest BCUT2D eigenvalue weighted by Crippen LogP contribution is -2.51. The third-order valence-corrected chi connectivity index (χ3v) is 3.95. The van der Waals surface area contributed by atoms with Gasteiger partial charge < -0.3 is 5.73 Å². The first kappa shape index (κ1) is 13.5. The van der Waals surface area contributed by atoms with E-state index in [4.69, 9.17) is 5.73 Å². The second-order valence-corrected chi connectivity index (χ2v) is 5.55. The van der Waals surface area contributed by atoms with Crippen LogP contribution in [0.5, 0.6) is 0 Å². The Kier molecular flexibility index (Phi) is 4.72. The first-order chi connectivity index (χ1) is 8.72. The predicted molar refractivity (Wildman–Crippen MR) is 75.2 cm³/mol. The van der Waals surface area contributed by atoms with Crippen molar-refractivity contribution < 1.29 is 0 Å². The Morgan fingerprint density at radius 3 is 2.67 bits per heavy atom. The van der Waals surface area contributed by atoms with E-state index in [1.165, 1.54) is 32.1 Å². The highest BCUT2D eigenvalue weighted by Gasteiger charge is 2.29. The van der Waals surface area contributed by atoms with Crippen molar-refractivity contribution in [3.63, 3.8) is 0 Å². The van der Waals surface area contributed by atoms with Crippen LogP contribution in [0.4, 0.5) is 0 Å². The van der Waals surface area contributed by atoms with E-state index in [0.29, 0.717) is 0 Å². The van der Waals surface area contributed by atoms with Gasteiger partial charge in [0.15, 0.2) is 0 Å². The maximum Gasteiger partial charge on any atom is 0.0543 e. The molecule has 0 radical (unpaired) electrons. The SMILES string of the molecule is CCN(Cc1ccccn1)CC1(N)CCCCC1. The zero-order valence-corrected chi connectivity index (χ0v) is 11.4. The van der Waals surface area contributed by atoms with Gasteiger partial charge in [0.1, 0.15) is 0 Å². The maximum atomic E-state index is 6.53. The molecule has 0 bridgehead atoms. The Morgan fingerprint density at radius 2 is 2.06 bits per heavy atom. The zero-order valence-electron chi connectivity index (χ0n) is 11.4. The summed E-state index contributed by atoms with van der Waals surface area (Å²) in [5.74, 6) is 0. The number of nitrogens with zero attached hydrogens (tertiary/aromatic N) is 2. The molecule has 0 saturated heterocycles. The molecule has 0 amide bonds. The Bertz CT molecular complexity index is 344. The van der Waals surface area contributed by atoms with Gasteiger partial charge >= 0.3 is 0 Å². The quantitative estimate of drug-likeness (QED) is 0.869. The molecular formula is C15H25N3. The van der Waals surface area contributed by atoms with Crippen molar-refractivity contribution in [1.29, 1.82) is 0 Å². The molecule has 1 heterocycles. The number of rotatable bonds is 5. The van der Waals surface area contributed by atoms with E-state index in [1.807, 2.05) is 12.3 Å². The standard InChI is InChI=1S/C15H25N3/c1-2-18(12-14-8-4-7-11-17-14)13-15(16)9-5-3-6-10-15/h4,7-8,11H,2-3,5-6,9-10,12-13,16H2,1H3. The third-order valence-electron chi connectivity index (χ3n) is 3.95. The van der Waals surface area contributed by atoms with Gasteiger partial charge in [0.25, 0.3) is 0 Å². The van der Waals surface area contributed by atoms with Crippen LogP contribution < -0.4 is 5.73 Å². The van der Waals surface area contributed by atoms with Crippen molar-refractivity contribution in [2.45, 2.75) is 51.1 Å². The van der Waals surface area contributed by atoms with Gasteiger partial charge in [0, 0.05) is 24.8 Å². The Balaban J connectivity index is 1.92. The lowest BCUT2D eigenvalue weighted by Gasteiger charge is -2.37. The van der Waals surface area contributed by atoms with Crippen molar-refractivity contribution in [1.82, 2.24) is 9.88 Å². The van der Waals surface area contributed by atoms with Crippen LogP contribution in [0, 0.1) is 0 Å². The molecular weight excluding hydrogens is 222 g/mol. The summed E-state index contributed by atoms with van der Waals surface area (Å²) in [5.41, 5.74) is 7.70. The fourth-order valence-corrected chi connectivity index (χ4v) is 2.86. The Morgan fingerprint density at radius 1 is 1.28 bits per heavy atom. The summed E-state index contributed by atoms with van der Waals surface area (Å²) in [6, 6.07) is 6.10. The lowest BCUT2D eigenvalue weighted by atomic mass is 9.82. The molecule has 0 aliphatic heterocycles. The summed E-state index contributed by atoms with van der Waals surface area (Å²) in [4.78, 5) is 6.82. The molecule has 1 aliphatic rings. The van der Waals surface area contributed by atoms with Gasteiger partial charge in [-0.2, -0.15) is 0 Å². The van der Waals surface area contributed by atoms with Crippen LogP contribution in [-0.4, -0.2) is 28.5 Å². The highest BCUT2D eigenvalue weighted by Crippen LogP contribution is 2.27. The van der Waals surface area contributed by atoms with E-state index >= 15 is 0 Å². The number of hydrogen-bond acceptors (Lipinski definition) is 3. The van der Waals surface area contributed by atoms with Gasteiger partial charge in [0.2, 0.25) is 0 Å². The molecule has 0 aromatic carbocycles. The van der Waals surface area contributed by atoms with Crippen LogP contribution in [0.15, 0.2) is 24.4 Å². The second kappa shape index (κ2) is 6.30. The lowest BCUT2D eigenvalue weighted by molar-refractivity contribution is 0.171. The molecule has 0 unspecified atom stereocenters. The zero-order chi connectivity index (χ0) is 12.8. The Hall–Kier alpha value is -0.930. The second-order valence-electron chi connectivity index (χ2n) is 5.55. The van der Waals surface area contributed by atoms with Crippen LogP contribution in [0.2, 0.25) is 0 Å². The summed E-state index contributed by atoms with van der Waals surface area (Å²) < 4.78 is 0. The minimum atomic E-state index is 0.0308. The topological polar surface area (TPSA) is 42.2 Å². The van der Waals surface area contributed by atoms with Crippen molar-refractivity contribution in [2.24, 2.45) is 5.73 Å². The van der Waals surface area contributed by atoms with Crippen molar-refractivity contribution in [3.8, 4) is 0 Å². The molecule has 3 nitrogen and oxygen atoms in total. The minimum Gasteiger partial charge on any atom is -0.324 e. The number of hydrogen-bond donors (Lipinski definition) is 1. The van der Waals surface area contributed by atoms with Gasteiger partial charge in [-0.25, -0.2) is 0 Å². The monoisotopic (exact) mass is 247 g/mol. The highest BCUT2D eigenvalue weighted by atomic mass is 15.1. The molecule has 3 heteroatoms. The van der Waals surface area contributed by atoms with Crippen molar-refractivity contribution in [3.05, 3.63) is 30.1 Å². The molecule has 2 N–H and O–H groups in total. The Labute approximate surface area is 110 Å². The first-order valence-electron chi connectivity index (χ1n) is 7.13. The summed E-state index contributed by atoms with van der Waals surface area (Å²) in [7, 11) is 0. The van der Waals surface area contributed by atoms with Crippen LogP contribution in [0.3, 0.4) is 0 Å². The van der Waals surface area contributed by atoms with E-state index in [9.17, 15) is 0 Å². The smallest absolute Gasteiger partial charge is 0.0543 e. The molecule has 0 atom stereocenters. The minimum absolute atomic E-state index is 0.0308. The number of pyridine rings is 1. The fraction of sp³-hybridized carbons (Fsp3) is 0.667. The van der Waals surface area contributed by atoms with Crippen LogP contribution in [0.1, 0.15) is 44.7 Å². The molecule has 18 heavy (non-hydrogen) atoms. The number of aromatic nitrogens is 1. The third kappa shape index (κ3) is 3.79. The van der Waals surface area contributed by atoms with Crippen molar-refractivity contribution in [2.75, 3.05) is 13.1 Å². The molecule has 0 spiro atoms. The van der Waals surface area contributed by atoms with Gasteiger partial charge in [0.05, 0.1) is 5.69 Å². The van der Waals surface area contributed by atoms with E-state index in [-0.39, 0.29) is 5.54 Å². The molecule has 1 aromatic heterocycles. The summed E-state index contributed by atoms with van der Waals surface area (Å²) in [6.07, 6.45) is 8.14. The van der Waals surface area contributed by atoms with E-state index < -0.39 is 0 Å². The van der Waals surface area contributed by atoms with E-state index in [0.717, 1.165) is 25.3 Å². The maximum absolute atomic E-state index is 6.53. The summed E-state index contributed by atoms with van der Waals surface area (Å²) in [6.45, 7) is 5.15. The van der Waals surface area contributed by atoms with E-state index in [1.54, 1.807) is 0 Å². The van der Waals surface area contributed by atoms with E-state index in [2.05, 4.69) is 28.9 Å². The number of likely N-dealkylation sites (N-methyl/N-ethyl adjacent to an activating group) is 1. The normalized spacial score (nSPS) is 19.1. The van der Waals surface area contributed by atoms with Gasteiger partial charge in [-0.05, 0) is 31.5 Å². The molecule has 1 aliphatic carbocycles. The first-order valence-corrected chi connectivity index (χ1v) is 7.13. The predicted octanol–water partition coefficient (Wildman–Crippen LogP) is 2.57. The largest absolute Gasteiger partial charge is 0.324 e. The molecule has 100 valence electrons. The average Bonchev–Trinajstić information content (AvgIpc) is 2.40. The van der Waals surface area contributed by atoms with Crippen molar-refractivity contribution >= 4 is 0 Å². The van der Waals surface area contributed by atoms with Gasteiger partial charge in [-0.3, -0.25) is 9.88 Å². The molecule has 1 fully saturated rings. The average molecular weight is 247 g/mol. The van der Waals surface area contributed by atoms with Crippen LogP contribution in [-0.2, 0) is 6.54 Å².